The van der Waals surface area contributed by atoms with Crippen molar-refractivity contribution in [3.8, 4) is 22.3 Å². The van der Waals surface area contributed by atoms with Crippen LogP contribution >= 0.6 is 22.9 Å². The van der Waals surface area contributed by atoms with E-state index in [1.807, 2.05) is 36.4 Å². The maximum Gasteiger partial charge on any atom is 0.345 e. The molecule has 0 saturated carbocycles. The van der Waals surface area contributed by atoms with Gasteiger partial charge >= 0.3 is 11.9 Å². The highest BCUT2D eigenvalue weighted by atomic mass is 35.5. The number of benzene rings is 3. The van der Waals surface area contributed by atoms with Gasteiger partial charge in [0.15, 0.2) is 0 Å². The Morgan fingerprint density at radius 2 is 1.61 bits per heavy atom. The molecule has 0 aliphatic carbocycles. The highest BCUT2D eigenvalue weighted by Gasteiger charge is 2.21. The third-order valence-electron chi connectivity index (χ3n) is 5.28. The van der Waals surface area contributed by atoms with Gasteiger partial charge in [0.2, 0.25) is 0 Å². The number of methoxy groups -OCH3 is 1. The minimum Gasteiger partial charge on any atom is -0.465 e. The summed E-state index contributed by atoms with van der Waals surface area (Å²) in [5, 5.41) is 12.8. The topological polar surface area (TPSA) is 105 Å². The first-order valence-corrected chi connectivity index (χ1v) is 12.4. The van der Waals surface area contributed by atoms with E-state index in [1.54, 1.807) is 42.5 Å². The van der Waals surface area contributed by atoms with E-state index in [1.165, 1.54) is 36.7 Å². The van der Waals surface area contributed by atoms with Crippen molar-refractivity contribution < 1.29 is 23.9 Å². The van der Waals surface area contributed by atoms with Gasteiger partial charge in [0.05, 0.1) is 23.3 Å². The molecule has 7 nitrogen and oxygen atoms in total. The largest absolute Gasteiger partial charge is 0.465 e. The molecule has 0 atom stereocenters. The summed E-state index contributed by atoms with van der Waals surface area (Å²) >= 11 is 7.24. The molecule has 1 amide bonds. The van der Waals surface area contributed by atoms with Gasteiger partial charge in [-0.1, -0.05) is 66.2 Å². The molecule has 188 valence electrons. The minimum atomic E-state index is -0.687. The SMILES string of the molecule is COC(=O)c1cc(-c2ccccc2)sc1NC(=O)C(C#N)=Cc1ccc(OC(=O)c2ccccc2Cl)cc1. The minimum absolute atomic E-state index is 0.184. The van der Waals surface area contributed by atoms with Crippen LogP contribution in [0.25, 0.3) is 16.5 Å². The Balaban J connectivity index is 1.51. The van der Waals surface area contributed by atoms with Crippen molar-refractivity contribution in [2.24, 2.45) is 0 Å². The number of hydrogen-bond acceptors (Lipinski definition) is 7. The van der Waals surface area contributed by atoms with Crippen LogP contribution in [0.1, 0.15) is 26.3 Å². The van der Waals surface area contributed by atoms with Gasteiger partial charge in [-0.15, -0.1) is 11.3 Å². The Morgan fingerprint density at radius 3 is 2.26 bits per heavy atom. The lowest BCUT2D eigenvalue weighted by Gasteiger charge is -2.06. The number of halogens is 1. The summed E-state index contributed by atoms with van der Waals surface area (Å²) in [7, 11) is 1.25. The second-order valence-electron chi connectivity index (χ2n) is 7.77. The smallest absolute Gasteiger partial charge is 0.345 e. The van der Waals surface area contributed by atoms with Crippen molar-refractivity contribution in [1.82, 2.24) is 0 Å². The summed E-state index contributed by atoms with van der Waals surface area (Å²) in [4.78, 5) is 38.4. The molecule has 0 bridgehead atoms. The van der Waals surface area contributed by atoms with Crippen molar-refractivity contribution in [1.29, 1.82) is 5.26 Å². The Morgan fingerprint density at radius 1 is 0.921 bits per heavy atom. The summed E-state index contributed by atoms with van der Waals surface area (Å²) in [5.74, 6) is -1.63. The van der Waals surface area contributed by atoms with Crippen molar-refractivity contribution >= 4 is 51.9 Å². The third kappa shape index (κ3) is 6.16. The van der Waals surface area contributed by atoms with Crippen LogP contribution in [0.3, 0.4) is 0 Å². The van der Waals surface area contributed by atoms with Crippen LogP contribution in [0.4, 0.5) is 5.00 Å². The lowest BCUT2D eigenvalue weighted by Crippen LogP contribution is -2.15. The number of thiophene rings is 1. The van der Waals surface area contributed by atoms with Gasteiger partial charge in [-0.05, 0) is 47.5 Å². The molecule has 0 fully saturated rings. The van der Waals surface area contributed by atoms with Gasteiger partial charge in [0, 0.05) is 4.88 Å². The van der Waals surface area contributed by atoms with Crippen LogP contribution in [-0.4, -0.2) is 25.0 Å². The van der Waals surface area contributed by atoms with E-state index in [0.29, 0.717) is 5.56 Å². The molecule has 1 N–H and O–H groups in total. The Bertz CT molecular complexity index is 1570. The fourth-order valence-electron chi connectivity index (χ4n) is 3.40. The fourth-order valence-corrected chi connectivity index (χ4v) is 4.66. The molecule has 0 saturated heterocycles. The Hall–Kier alpha value is -4.71. The van der Waals surface area contributed by atoms with E-state index >= 15 is 0 Å². The van der Waals surface area contributed by atoms with Crippen LogP contribution in [0.5, 0.6) is 5.75 Å². The van der Waals surface area contributed by atoms with Gasteiger partial charge in [0.25, 0.3) is 5.91 Å². The molecule has 1 aromatic heterocycles. The lowest BCUT2D eigenvalue weighted by molar-refractivity contribution is -0.112. The number of hydrogen-bond donors (Lipinski definition) is 1. The molecule has 4 rings (SSSR count). The van der Waals surface area contributed by atoms with Gasteiger partial charge < -0.3 is 14.8 Å². The number of carbonyl (C=O) groups is 3. The first-order valence-electron chi connectivity index (χ1n) is 11.2. The van der Waals surface area contributed by atoms with Crippen molar-refractivity contribution in [3.05, 3.63) is 112 Å². The van der Waals surface area contributed by atoms with Crippen LogP contribution < -0.4 is 10.1 Å². The zero-order valence-corrected chi connectivity index (χ0v) is 21.5. The molecular formula is C29H19ClN2O5S. The highest BCUT2D eigenvalue weighted by Crippen LogP contribution is 2.36. The first kappa shape index (κ1) is 26.4. The van der Waals surface area contributed by atoms with Crippen molar-refractivity contribution in [2.75, 3.05) is 12.4 Å². The number of ether oxygens (including phenoxy) is 2. The zero-order valence-electron chi connectivity index (χ0n) is 19.9. The van der Waals surface area contributed by atoms with E-state index in [9.17, 15) is 19.6 Å². The highest BCUT2D eigenvalue weighted by molar-refractivity contribution is 7.20. The van der Waals surface area contributed by atoms with Crippen LogP contribution in [-0.2, 0) is 9.53 Å². The van der Waals surface area contributed by atoms with E-state index in [-0.39, 0.29) is 32.5 Å². The standard InChI is InChI=1S/C29H19ClN2O5S/c1-36-28(34)23-16-25(19-7-3-2-4-8-19)38-27(23)32-26(33)20(17-31)15-18-11-13-21(14-12-18)37-29(35)22-9-5-6-10-24(22)30/h2-16H,1H3,(H,32,33). The molecule has 0 aliphatic heterocycles. The van der Waals surface area contributed by atoms with E-state index in [0.717, 1.165) is 10.4 Å². The van der Waals surface area contributed by atoms with Crippen LogP contribution in [0.15, 0.2) is 90.5 Å². The number of anilines is 1. The summed E-state index contributed by atoms with van der Waals surface area (Å²) < 4.78 is 10.2. The maximum atomic E-state index is 12.9. The summed E-state index contributed by atoms with van der Waals surface area (Å²) in [6.45, 7) is 0. The Kier molecular flexibility index (Phi) is 8.34. The average molecular weight is 543 g/mol. The zero-order chi connectivity index (χ0) is 27.1. The summed E-state index contributed by atoms with van der Waals surface area (Å²) in [6.07, 6.45) is 1.39. The van der Waals surface area contributed by atoms with E-state index in [4.69, 9.17) is 21.1 Å². The summed E-state index contributed by atoms with van der Waals surface area (Å²) in [5.41, 5.74) is 1.63. The monoisotopic (exact) mass is 542 g/mol. The molecule has 4 aromatic rings. The number of amides is 1. The normalized spacial score (nSPS) is 10.8. The van der Waals surface area contributed by atoms with Gasteiger partial charge in [0.1, 0.15) is 22.4 Å². The predicted octanol–water partition coefficient (Wildman–Crippen LogP) is 6.62. The maximum absolute atomic E-state index is 12.9. The van der Waals surface area contributed by atoms with Gasteiger partial charge in [-0.3, -0.25) is 4.79 Å². The van der Waals surface area contributed by atoms with Crippen molar-refractivity contribution in [2.45, 2.75) is 0 Å². The van der Waals surface area contributed by atoms with E-state index in [2.05, 4.69) is 5.32 Å². The first-order chi connectivity index (χ1) is 18.4. The average Bonchev–Trinajstić information content (AvgIpc) is 3.36. The molecule has 9 heteroatoms. The summed E-state index contributed by atoms with van der Waals surface area (Å²) in [6, 6.07) is 25.7. The quantitative estimate of drug-likeness (QED) is 0.122. The molecule has 0 unspecified atom stereocenters. The van der Waals surface area contributed by atoms with E-state index < -0.39 is 17.8 Å². The number of esters is 2. The molecular weight excluding hydrogens is 524 g/mol. The number of carbonyl (C=O) groups excluding carboxylic acids is 3. The molecule has 0 radical (unpaired) electrons. The molecule has 0 aliphatic rings. The van der Waals surface area contributed by atoms with Crippen LogP contribution in [0, 0.1) is 11.3 Å². The molecule has 0 spiro atoms. The number of nitrogens with zero attached hydrogens (tertiary/aromatic N) is 1. The second-order valence-corrected chi connectivity index (χ2v) is 9.23. The van der Waals surface area contributed by atoms with Gasteiger partial charge in [-0.2, -0.15) is 5.26 Å². The second kappa shape index (κ2) is 12.0. The third-order valence-corrected chi connectivity index (χ3v) is 6.71. The van der Waals surface area contributed by atoms with Gasteiger partial charge in [-0.25, -0.2) is 9.59 Å². The number of nitrogens with one attached hydrogen (secondary N) is 1. The number of nitriles is 1. The molecule has 38 heavy (non-hydrogen) atoms. The molecule has 1 heterocycles. The fraction of sp³-hybridized carbons (Fsp3) is 0.0345. The Labute approximate surface area is 227 Å². The number of rotatable bonds is 7. The lowest BCUT2D eigenvalue weighted by atomic mass is 10.1. The molecule has 3 aromatic carbocycles. The van der Waals surface area contributed by atoms with Crippen LogP contribution in [0.2, 0.25) is 5.02 Å². The predicted molar refractivity (Wildman–Crippen MR) is 146 cm³/mol. The van der Waals surface area contributed by atoms with Crippen molar-refractivity contribution in [3.63, 3.8) is 0 Å².